The maximum atomic E-state index is 2.39. The van der Waals surface area contributed by atoms with Crippen LogP contribution in [0.25, 0.3) is 67.4 Å². The molecule has 0 heterocycles. The third kappa shape index (κ3) is 7.44. The summed E-state index contributed by atoms with van der Waals surface area (Å²) in [4.78, 5) is 2.34. The van der Waals surface area contributed by atoms with Gasteiger partial charge in [-0.1, -0.05) is 187 Å². The van der Waals surface area contributed by atoms with Crippen LogP contribution in [0.2, 0.25) is 0 Å². The number of rotatable bonds is 9. The molecule has 0 saturated heterocycles. The number of anilines is 3. The average molecular weight is 730 g/mol. The Morgan fingerprint density at radius 1 is 0.333 bits per heavy atom. The average Bonchev–Trinajstić information content (AvgIpc) is 3.27. The minimum atomic E-state index is 1.13. The van der Waals surface area contributed by atoms with E-state index in [4.69, 9.17) is 0 Å². The number of hydrogen-bond donors (Lipinski definition) is 0. The zero-order valence-corrected chi connectivity index (χ0v) is 32.3. The zero-order chi connectivity index (χ0) is 38.6. The van der Waals surface area contributed by atoms with Crippen molar-refractivity contribution in [3.05, 3.63) is 235 Å². The topological polar surface area (TPSA) is 3.24 Å². The van der Waals surface area contributed by atoms with Gasteiger partial charge in [-0.25, -0.2) is 0 Å². The van der Waals surface area contributed by atoms with Crippen LogP contribution in [-0.2, 0) is 0 Å². The molecule has 1 heteroatoms. The second kappa shape index (κ2) is 15.9. The molecule has 0 spiro atoms. The molecule has 0 atom stereocenters. The van der Waals surface area contributed by atoms with Crippen molar-refractivity contribution in [2.75, 3.05) is 4.90 Å². The molecule has 9 aromatic carbocycles. The van der Waals surface area contributed by atoms with Gasteiger partial charge in [-0.15, -0.1) is 0 Å². The van der Waals surface area contributed by atoms with Gasteiger partial charge in [0, 0.05) is 17.1 Å². The van der Waals surface area contributed by atoms with E-state index in [-0.39, 0.29) is 0 Å². The lowest BCUT2D eigenvalue weighted by Gasteiger charge is -2.26. The van der Waals surface area contributed by atoms with Crippen molar-refractivity contribution in [2.24, 2.45) is 0 Å². The monoisotopic (exact) mass is 729 g/mol. The Kier molecular flexibility index (Phi) is 9.88. The zero-order valence-electron chi connectivity index (χ0n) is 32.3. The van der Waals surface area contributed by atoms with Crippen molar-refractivity contribution < 1.29 is 0 Å². The molecule has 0 saturated carbocycles. The molecule has 1 nitrogen and oxygen atoms in total. The van der Waals surface area contributed by atoms with E-state index in [1.165, 1.54) is 72.0 Å². The van der Waals surface area contributed by atoms with Gasteiger partial charge >= 0.3 is 0 Å². The van der Waals surface area contributed by atoms with Crippen molar-refractivity contribution in [2.45, 2.75) is 13.8 Å². The van der Waals surface area contributed by atoms with Crippen LogP contribution in [0.5, 0.6) is 0 Å². The van der Waals surface area contributed by atoms with Gasteiger partial charge < -0.3 is 4.90 Å². The largest absolute Gasteiger partial charge is 0.310 e. The predicted octanol–water partition coefficient (Wildman–Crippen LogP) is 15.8. The Hall–Kier alpha value is -7.22. The lowest BCUT2D eigenvalue weighted by molar-refractivity contribution is 1.27. The SMILES string of the molecule is Cc1ccc(N(c2ccc(C)cc2)c2ccc3cc(/C=C/c4cc(-c5ccccc5)c(-c5ccccc5)c(-c5ccccc5)c4-c4ccccc4)ccc3c2)cc1. The van der Waals surface area contributed by atoms with Gasteiger partial charge in [0.2, 0.25) is 0 Å². The maximum absolute atomic E-state index is 2.39. The highest BCUT2D eigenvalue weighted by Gasteiger charge is 2.22. The van der Waals surface area contributed by atoms with E-state index in [0.717, 1.165) is 22.6 Å². The molecule has 0 radical (unpaired) electrons. The molecule has 0 bridgehead atoms. The van der Waals surface area contributed by atoms with E-state index in [9.17, 15) is 0 Å². The molecule has 57 heavy (non-hydrogen) atoms. The van der Waals surface area contributed by atoms with Crippen LogP contribution in [0, 0.1) is 13.8 Å². The second-order valence-electron chi connectivity index (χ2n) is 14.7. The Balaban J connectivity index is 1.19. The summed E-state index contributed by atoms with van der Waals surface area (Å²) in [6.45, 7) is 4.27. The summed E-state index contributed by atoms with van der Waals surface area (Å²) < 4.78 is 0. The van der Waals surface area contributed by atoms with Crippen molar-refractivity contribution in [1.29, 1.82) is 0 Å². The minimum Gasteiger partial charge on any atom is -0.310 e. The molecule has 0 aliphatic heterocycles. The maximum Gasteiger partial charge on any atom is 0.0468 e. The highest BCUT2D eigenvalue weighted by Crippen LogP contribution is 2.48. The van der Waals surface area contributed by atoms with Crippen molar-refractivity contribution in [3.8, 4) is 44.5 Å². The summed E-state index contributed by atoms with van der Waals surface area (Å²) >= 11 is 0. The van der Waals surface area contributed by atoms with Crippen LogP contribution in [0.3, 0.4) is 0 Å². The van der Waals surface area contributed by atoms with E-state index in [2.05, 4.69) is 243 Å². The van der Waals surface area contributed by atoms with Crippen LogP contribution in [0.15, 0.2) is 212 Å². The van der Waals surface area contributed by atoms with Crippen molar-refractivity contribution in [1.82, 2.24) is 0 Å². The molecule has 9 aromatic rings. The highest BCUT2D eigenvalue weighted by atomic mass is 15.1. The third-order valence-electron chi connectivity index (χ3n) is 10.8. The van der Waals surface area contributed by atoms with Gasteiger partial charge in [0.05, 0.1) is 0 Å². The molecule has 0 amide bonds. The Morgan fingerprint density at radius 2 is 0.772 bits per heavy atom. The van der Waals surface area contributed by atoms with E-state index in [1.54, 1.807) is 0 Å². The summed E-state index contributed by atoms with van der Waals surface area (Å²) in [6, 6.07) is 76.9. The number of hydrogen-bond acceptors (Lipinski definition) is 1. The van der Waals surface area contributed by atoms with E-state index >= 15 is 0 Å². The summed E-state index contributed by atoms with van der Waals surface area (Å²) in [6.07, 6.45) is 4.58. The molecule has 0 fully saturated rings. The van der Waals surface area contributed by atoms with Gasteiger partial charge in [0.1, 0.15) is 0 Å². The van der Waals surface area contributed by atoms with Gasteiger partial charge in [-0.2, -0.15) is 0 Å². The molecule has 0 aliphatic rings. The van der Waals surface area contributed by atoms with Crippen molar-refractivity contribution in [3.63, 3.8) is 0 Å². The number of benzene rings is 9. The molecule has 0 N–H and O–H groups in total. The first-order chi connectivity index (χ1) is 28.1. The molecule has 0 aliphatic carbocycles. The lowest BCUT2D eigenvalue weighted by Crippen LogP contribution is -2.09. The van der Waals surface area contributed by atoms with Crippen molar-refractivity contribution >= 4 is 40.0 Å². The van der Waals surface area contributed by atoms with Crippen LogP contribution in [-0.4, -0.2) is 0 Å². The standard InChI is InChI=1S/C56H43N/c1-40-23-32-50(33-24-40)57(51-34-25-41(2)26-35-51)52-36-31-47-37-42(27-29-48(47)38-52)28-30-49-39-53(43-15-7-3-8-16-43)55(45-19-11-5-12-20-45)56(46-21-13-6-14-22-46)54(49)44-17-9-4-10-18-44/h3-39H,1-2H3/b30-28+. The quantitative estimate of drug-likeness (QED) is 0.134. The summed E-state index contributed by atoms with van der Waals surface area (Å²) in [7, 11) is 0. The van der Waals surface area contributed by atoms with E-state index < -0.39 is 0 Å². The molecule has 0 aromatic heterocycles. The summed E-state index contributed by atoms with van der Waals surface area (Å²) in [5, 5.41) is 2.40. The van der Waals surface area contributed by atoms with E-state index in [1.807, 2.05) is 0 Å². The van der Waals surface area contributed by atoms with Gasteiger partial charge in [-0.05, 0) is 129 Å². The summed E-state index contributed by atoms with van der Waals surface area (Å²) in [5.41, 5.74) is 17.9. The predicted molar refractivity (Wildman–Crippen MR) is 245 cm³/mol. The first-order valence-corrected chi connectivity index (χ1v) is 19.7. The normalized spacial score (nSPS) is 11.3. The minimum absolute atomic E-state index is 1.13. The molecular weight excluding hydrogens is 687 g/mol. The van der Waals surface area contributed by atoms with Crippen LogP contribution >= 0.6 is 0 Å². The molecule has 9 rings (SSSR count). The first-order valence-electron chi connectivity index (χ1n) is 19.7. The van der Waals surface area contributed by atoms with E-state index in [0.29, 0.717) is 0 Å². The lowest BCUT2D eigenvalue weighted by atomic mass is 9.80. The van der Waals surface area contributed by atoms with Gasteiger partial charge in [0.25, 0.3) is 0 Å². The third-order valence-corrected chi connectivity index (χ3v) is 10.8. The van der Waals surface area contributed by atoms with Gasteiger partial charge in [0.15, 0.2) is 0 Å². The van der Waals surface area contributed by atoms with Crippen LogP contribution in [0.1, 0.15) is 22.3 Å². The van der Waals surface area contributed by atoms with Crippen LogP contribution in [0.4, 0.5) is 17.1 Å². The fourth-order valence-electron chi connectivity index (χ4n) is 7.91. The Bertz CT molecular complexity index is 2760. The number of aryl methyl sites for hydroxylation is 2. The molecular formula is C56H43N. The Morgan fingerprint density at radius 3 is 1.32 bits per heavy atom. The first kappa shape index (κ1) is 35.5. The Labute approximate surface area is 336 Å². The fourth-order valence-corrected chi connectivity index (χ4v) is 7.91. The van der Waals surface area contributed by atoms with Gasteiger partial charge in [-0.3, -0.25) is 0 Å². The molecule has 272 valence electrons. The number of nitrogens with zero attached hydrogens (tertiary/aromatic N) is 1. The van der Waals surface area contributed by atoms with Crippen LogP contribution < -0.4 is 4.90 Å². The summed E-state index contributed by atoms with van der Waals surface area (Å²) in [5.74, 6) is 0. The highest BCUT2D eigenvalue weighted by molar-refractivity contribution is 6.05. The smallest absolute Gasteiger partial charge is 0.0468 e. The molecule has 0 unspecified atom stereocenters. The second-order valence-corrected chi connectivity index (χ2v) is 14.7. The number of fused-ring (bicyclic) bond motifs is 1. The fraction of sp³-hybridized carbons (Fsp3) is 0.0357.